The fourth-order valence-electron chi connectivity index (χ4n) is 3.56. The third kappa shape index (κ3) is 2.67. The van der Waals surface area contributed by atoms with E-state index in [0.29, 0.717) is 22.9 Å². The molecule has 144 valence electrons. The number of amidine groups is 1. The average molecular weight is 378 g/mol. The zero-order valence-electron chi connectivity index (χ0n) is 16.3. The molecule has 7 nitrogen and oxygen atoms in total. The van der Waals surface area contributed by atoms with Crippen LogP contribution in [0.1, 0.15) is 11.4 Å². The van der Waals surface area contributed by atoms with Crippen molar-refractivity contribution < 1.29 is 14.6 Å². The Labute approximate surface area is 162 Å². The molecule has 0 unspecified atom stereocenters. The summed E-state index contributed by atoms with van der Waals surface area (Å²) in [4.78, 5) is 6.40. The molecule has 2 aromatic carbocycles. The summed E-state index contributed by atoms with van der Waals surface area (Å²) in [6, 6.07) is 11.4. The van der Waals surface area contributed by atoms with Crippen molar-refractivity contribution in [2.75, 3.05) is 25.7 Å². The second-order valence-corrected chi connectivity index (χ2v) is 6.78. The molecule has 2 N–H and O–H groups in total. The Morgan fingerprint density at radius 2 is 1.82 bits per heavy atom. The van der Waals surface area contributed by atoms with Gasteiger partial charge in [-0.25, -0.2) is 4.98 Å². The van der Waals surface area contributed by atoms with E-state index in [1.165, 1.54) is 0 Å². The van der Waals surface area contributed by atoms with Gasteiger partial charge >= 0.3 is 0 Å². The van der Waals surface area contributed by atoms with Gasteiger partial charge < -0.3 is 24.0 Å². The highest BCUT2D eigenvalue weighted by Crippen LogP contribution is 2.36. The van der Waals surface area contributed by atoms with Crippen molar-refractivity contribution in [1.82, 2.24) is 9.55 Å². The van der Waals surface area contributed by atoms with Gasteiger partial charge in [0.15, 0.2) is 11.5 Å². The van der Waals surface area contributed by atoms with Crippen LogP contribution in [0.15, 0.2) is 42.2 Å². The number of benzene rings is 2. The lowest BCUT2D eigenvalue weighted by Gasteiger charge is -2.20. The summed E-state index contributed by atoms with van der Waals surface area (Å²) in [7, 11) is 5.04. The van der Waals surface area contributed by atoms with E-state index in [4.69, 9.17) is 14.9 Å². The molecule has 7 heteroatoms. The molecule has 0 amide bonds. The van der Waals surface area contributed by atoms with Crippen LogP contribution in [0.5, 0.6) is 11.5 Å². The van der Waals surface area contributed by atoms with E-state index in [0.717, 1.165) is 22.3 Å². The van der Waals surface area contributed by atoms with E-state index in [-0.39, 0.29) is 18.1 Å². The Balaban J connectivity index is 1.74. The summed E-state index contributed by atoms with van der Waals surface area (Å²) in [6.07, 6.45) is 0. The Bertz CT molecular complexity index is 1130. The lowest BCUT2D eigenvalue weighted by molar-refractivity contribution is 0.355. The standard InChI is InChI=1S/C21H22N4O3/c1-12-5-7-15-14(9-12)23-21(24(15)2)19-16(26)11-25(20(19)22)13-6-8-17(27-3)18(10-13)28-4/h5-10,22,26H,11H2,1-4H3. The predicted molar refractivity (Wildman–Crippen MR) is 110 cm³/mol. The lowest BCUT2D eigenvalue weighted by atomic mass is 10.2. The minimum Gasteiger partial charge on any atom is -0.509 e. The van der Waals surface area contributed by atoms with Crippen LogP contribution < -0.4 is 14.4 Å². The number of methoxy groups -OCH3 is 2. The van der Waals surface area contributed by atoms with Gasteiger partial charge in [0.05, 0.1) is 37.4 Å². The molecule has 0 aliphatic carbocycles. The van der Waals surface area contributed by atoms with Crippen molar-refractivity contribution in [3.05, 3.63) is 53.5 Å². The monoisotopic (exact) mass is 378 g/mol. The highest BCUT2D eigenvalue weighted by molar-refractivity contribution is 6.30. The molecule has 1 aromatic heterocycles. The first-order valence-corrected chi connectivity index (χ1v) is 8.88. The number of fused-ring (bicyclic) bond motifs is 1. The molecule has 28 heavy (non-hydrogen) atoms. The molecule has 4 rings (SSSR count). The number of hydrogen-bond acceptors (Lipinski definition) is 5. The molecular weight excluding hydrogens is 356 g/mol. The summed E-state index contributed by atoms with van der Waals surface area (Å²) < 4.78 is 12.6. The Hall–Kier alpha value is -3.48. The van der Waals surface area contributed by atoms with Crippen LogP contribution in [-0.2, 0) is 7.05 Å². The molecule has 3 aromatic rings. The minimum atomic E-state index is 0.120. The number of rotatable bonds is 4. The van der Waals surface area contributed by atoms with Crippen molar-refractivity contribution in [3.63, 3.8) is 0 Å². The first-order chi connectivity index (χ1) is 13.4. The fourth-order valence-corrected chi connectivity index (χ4v) is 3.56. The first-order valence-electron chi connectivity index (χ1n) is 8.88. The summed E-state index contributed by atoms with van der Waals surface area (Å²) in [5.74, 6) is 2.07. The number of aryl methyl sites for hydroxylation is 2. The predicted octanol–water partition coefficient (Wildman–Crippen LogP) is 3.67. The Kier molecular flexibility index (Phi) is 4.22. The van der Waals surface area contributed by atoms with Gasteiger partial charge in [-0.05, 0) is 36.8 Å². The Morgan fingerprint density at radius 3 is 2.54 bits per heavy atom. The molecule has 1 aliphatic heterocycles. The maximum absolute atomic E-state index is 10.7. The van der Waals surface area contributed by atoms with Gasteiger partial charge in [0.25, 0.3) is 0 Å². The molecular formula is C21H22N4O3. The summed E-state index contributed by atoms with van der Waals surface area (Å²) >= 11 is 0. The molecule has 0 fully saturated rings. The summed E-state index contributed by atoms with van der Waals surface area (Å²) in [5.41, 5.74) is 4.09. The number of nitrogens with one attached hydrogen (secondary N) is 1. The van der Waals surface area contributed by atoms with Crippen molar-refractivity contribution in [2.45, 2.75) is 6.92 Å². The molecule has 0 spiro atoms. The number of aliphatic hydroxyl groups excluding tert-OH is 1. The lowest BCUT2D eigenvalue weighted by Crippen LogP contribution is -2.26. The third-order valence-electron chi connectivity index (χ3n) is 5.04. The normalized spacial score (nSPS) is 14.3. The number of hydrogen-bond donors (Lipinski definition) is 2. The summed E-state index contributed by atoms with van der Waals surface area (Å²) in [5, 5.41) is 19.4. The van der Waals surface area contributed by atoms with Crippen molar-refractivity contribution >= 4 is 28.1 Å². The van der Waals surface area contributed by atoms with E-state index in [9.17, 15) is 5.11 Å². The van der Waals surface area contributed by atoms with Crippen molar-refractivity contribution in [3.8, 4) is 11.5 Å². The number of aromatic nitrogens is 2. The molecule has 0 saturated heterocycles. The van der Waals surface area contributed by atoms with Crippen molar-refractivity contribution in [2.24, 2.45) is 7.05 Å². The maximum Gasteiger partial charge on any atom is 0.162 e. The van der Waals surface area contributed by atoms with Gasteiger partial charge in [0.1, 0.15) is 17.4 Å². The van der Waals surface area contributed by atoms with Gasteiger partial charge in [-0.3, -0.25) is 5.41 Å². The summed E-state index contributed by atoms with van der Waals surface area (Å²) in [6.45, 7) is 2.22. The zero-order valence-corrected chi connectivity index (χ0v) is 16.3. The fraction of sp³-hybridized carbons (Fsp3) is 0.238. The van der Waals surface area contributed by atoms with Crippen LogP contribution in [0.4, 0.5) is 5.69 Å². The molecule has 0 saturated carbocycles. The molecule has 0 bridgehead atoms. The molecule has 0 radical (unpaired) electrons. The van der Waals surface area contributed by atoms with Crippen LogP contribution in [0.25, 0.3) is 16.6 Å². The maximum atomic E-state index is 10.7. The third-order valence-corrected chi connectivity index (χ3v) is 5.04. The van der Waals surface area contributed by atoms with E-state index in [1.54, 1.807) is 31.3 Å². The van der Waals surface area contributed by atoms with E-state index in [2.05, 4.69) is 4.98 Å². The smallest absolute Gasteiger partial charge is 0.162 e. The van der Waals surface area contributed by atoms with Crippen molar-refractivity contribution in [1.29, 1.82) is 5.41 Å². The average Bonchev–Trinajstić information content (AvgIpc) is 3.16. The van der Waals surface area contributed by atoms with Crippen LogP contribution in [0.3, 0.4) is 0 Å². The van der Waals surface area contributed by atoms with Crippen LogP contribution in [0.2, 0.25) is 0 Å². The van der Waals surface area contributed by atoms with Crippen LogP contribution in [0, 0.1) is 12.3 Å². The SMILES string of the molecule is COc1ccc(N2CC(O)=C(c3nc4cc(C)ccc4n3C)C2=N)cc1OC. The van der Waals surface area contributed by atoms with Crippen LogP contribution in [-0.4, -0.2) is 41.3 Å². The van der Waals surface area contributed by atoms with Gasteiger partial charge in [0.2, 0.25) is 0 Å². The number of nitrogens with zero attached hydrogens (tertiary/aromatic N) is 3. The molecule has 0 atom stereocenters. The van der Waals surface area contributed by atoms with E-state index in [1.807, 2.05) is 42.8 Å². The van der Waals surface area contributed by atoms with Gasteiger partial charge in [-0.15, -0.1) is 0 Å². The zero-order chi connectivity index (χ0) is 20.0. The highest BCUT2D eigenvalue weighted by Gasteiger charge is 2.32. The van der Waals surface area contributed by atoms with Gasteiger partial charge in [0, 0.05) is 18.8 Å². The minimum absolute atomic E-state index is 0.120. The largest absolute Gasteiger partial charge is 0.509 e. The van der Waals surface area contributed by atoms with Gasteiger partial charge in [-0.2, -0.15) is 0 Å². The first kappa shape index (κ1) is 17.9. The van der Waals surface area contributed by atoms with Gasteiger partial charge in [-0.1, -0.05) is 6.07 Å². The number of anilines is 1. The number of ether oxygens (including phenoxy) is 2. The Morgan fingerprint density at radius 1 is 1.07 bits per heavy atom. The number of aliphatic hydroxyl groups is 1. The quantitative estimate of drug-likeness (QED) is 0.724. The highest BCUT2D eigenvalue weighted by atomic mass is 16.5. The number of imidazole rings is 1. The molecule has 2 heterocycles. The van der Waals surface area contributed by atoms with E-state index >= 15 is 0 Å². The van der Waals surface area contributed by atoms with Crippen LogP contribution >= 0.6 is 0 Å². The van der Waals surface area contributed by atoms with E-state index < -0.39 is 0 Å². The second kappa shape index (κ2) is 6.60. The topological polar surface area (TPSA) is 83.6 Å². The second-order valence-electron chi connectivity index (χ2n) is 6.78. The molecule has 1 aliphatic rings.